The smallest absolute Gasteiger partial charge is 0.413 e. The van der Waals surface area contributed by atoms with Gasteiger partial charge in [0.2, 0.25) is 18.6 Å². The van der Waals surface area contributed by atoms with E-state index in [1.165, 1.54) is 25.1 Å². The second-order valence-electron chi connectivity index (χ2n) is 17.3. The number of Topliss-reactive ketones (excluding diaryl/α,β-unsaturated/α-hetero) is 4. The summed E-state index contributed by atoms with van der Waals surface area (Å²) in [5.41, 5.74) is 2.95. The normalized spacial score (nSPS) is 24.9. The number of fused-ring (bicyclic) bond motifs is 3. The molecule has 0 spiro atoms. The lowest BCUT2D eigenvalue weighted by Gasteiger charge is -2.52. The molecular formula is C42H52N6O12. The lowest BCUT2D eigenvalue weighted by Crippen LogP contribution is -2.74. The third kappa shape index (κ3) is 7.69. The van der Waals surface area contributed by atoms with Crippen LogP contribution in [-0.4, -0.2) is 139 Å². The highest BCUT2D eigenvalue weighted by atomic mass is 16.7. The third-order valence-corrected chi connectivity index (χ3v) is 12.1. The Balaban J connectivity index is 1.20. The van der Waals surface area contributed by atoms with Crippen molar-refractivity contribution in [1.82, 2.24) is 9.80 Å². The molecule has 0 bridgehead atoms. The Hall–Kier alpha value is -5.88. The Kier molecular flexibility index (Phi) is 11.9. The molecular weight excluding hydrogens is 780 g/mol. The number of esters is 1. The van der Waals surface area contributed by atoms with Crippen LogP contribution in [0.5, 0.6) is 5.75 Å². The molecule has 5 N–H and O–H groups in total. The molecule has 2 saturated carbocycles. The van der Waals surface area contributed by atoms with Gasteiger partial charge in [0, 0.05) is 50.0 Å². The number of ketones is 4. The summed E-state index contributed by atoms with van der Waals surface area (Å²) in [6, 6.07) is 7.09. The molecule has 3 fully saturated rings. The number of nitrogens with two attached hydrogens (primary N) is 1. The highest BCUT2D eigenvalue weighted by Crippen LogP contribution is 2.52. The number of anilines is 3. The number of phenols is 1. The Morgan fingerprint density at radius 1 is 0.967 bits per heavy atom. The van der Waals surface area contributed by atoms with Gasteiger partial charge >= 0.3 is 12.1 Å². The predicted molar refractivity (Wildman–Crippen MR) is 215 cm³/mol. The van der Waals surface area contributed by atoms with E-state index in [0.29, 0.717) is 11.3 Å². The first-order valence-electron chi connectivity index (χ1n) is 19.8. The Labute approximate surface area is 346 Å². The summed E-state index contributed by atoms with van der Waals surface area (Å²) in [7, 11) is 6.34. The number of aliphatic hydroxyl groups is 1. The van der Waals surface area contributed by atoms with Crippen LogP contribution in [0.25, 0.3) is 0 Å². The van der Waals surface area contributed by atoms with Gasteiger partial charge in [0.1, 0.15) is 12.3 Å². The van der Waals surface area contributed by atoms with Gasteiger partial charge in [0.05, 0.1) is 28.8 Å². The average Bonchev–Trinajstić information content (AvgIpc) is 3.71. The largest absolute Gasteiger partial charge is 0.505 e. The fourth-order valence-corrected chi connectivity index (χ4v) is 9.13. The zero-order chi connectivity index (χ0) is 44.2. The predicted octanol–water partition coefficient (Wildman–Crippen LogP) is 1.52. The number of carbonyl (C=O) groups excluding carboxylic acids is 8. The molecule has 4 aliphatic rings. The zero-order valence-electron chi connectivity index (χ0n) is 34.8. The van der Waals surface area contributed by atoms with Crippen LogP contribution < -0.4 is 20.9 Å². The van der Waals surface area contributed by atoms with Crippen LogP contribution in [-0.2, 0) is 39.9 Å². The van der Waals surface area contributed by atoms with Crippen molar-refractivity contribution in [1.29, 1.82) is 0 Å². The number of nitrogens with one attached hydrogen (secondary N) is 1. The number of aromatic hydroxyl groups is 1. The molecule has 18 heteroatoms. The van der Waals surface area contributed by atoms with E-state index in [0.717, 1.165) is 36.5 Å². The number of benzene rings is 2. The van der Waals surface area contributed by atoms with Gasteiger partial charge in [-0.25, -0.2) is 9.59 Å². The zero-order valence-corrected chi connectivity index (χ0v) is 34.8. The van der Waals surface area contributed by atoms with Gasteiger partial charge in [-0.15, -0.1) is 0 Å². The number of rotatable bonds is 10. The van der Waals surface area contributed by atoms with Gasteiger partial charge in [-0.05, 0) is 102 Å². The van der Waals surface area contributed by atoms with Crippen molar-refractivity contribution in [2.24, 2.45) is 29.4 Å². The number of phenolic OH excluding ortho intramolecular Hbond substituents is 1. The van der Waals surface area contributed by atoms with Crippen molar-refractivity contribution in [3.63, 3.8) is 0 Å². The molecule has 322 valence electrons. The molecule has 2 unspecified atom stereocenters. The molecule has 0 aromatic heterocycles. The summed E-state index contributed by atoms with van der Waals surface area (Å²) >= 11 is 0. The fraction of sp³-hybridized carbons (Fsp3) is 0.524. The van der Waals surface area contributed by atoms with E-state index in [4.69, 9.17) is 15.2 Å². The second-order valence-corrected chi connectivity index (χ2v) is 17.3. The minimum atomic E-state index is -2.90. The van der Waals surface area contributed by atoms with Gasteiger partial charge in [-0.1, -0.05) is 0 Å². The maximum atomic E-state index is 14.4. The molecule has 60 heavy (non-hydrogen) atoms. The van der Waals surface area contributed by atoms with Crippen molar-refractivity contribution in [3.05, 3.63) is 47.0 Å². The second kappa shape index (κ2) is 16.3. The third-order valence-electron chi connectivity index (χ3n) is 12.1. The number of hydrogen-bond acceptors (Lipinski definition) is 15. The van der Waals surface area contributed by atoms with Crippen LogP contribution in [0.4, 0.5) is 21.9 Å². The molecule has 1 aliphatic heterocycles. The first-order valence-corrected chi connectivity index (χ1v) is 19.8. The van der Waals surface area contributed by atoms with Crippen LogP contribution in [0.1, 0.15) is 66.3 Å². The molecule has 2 aromatic carbocycles. The summed E-state index contributed by atoms with van der Waals surface area (Å²) in [6.07, 6.45) is 1.11. The van der Waals surface area contributed by atoms with Crippen molar-refractivity contribution >= 4 is 64.1 Å². The summed E-state index contributed by atoms with van der Waals surface area (Å²) in [6.45, 7) is 5.47. The molecule has 2 aromatic rings. The van der Waals surface area contributed by atoms with E-state index in [1.54, 1.807) is 51.9 Å². The van der Waals surface area contributed by atoms with Crippen LogP contribution in [0.3, 0.4) is 0 Å². The lowest BCUT2D eigenvalue weighted by atomic mass is 9.52. The average molecular weight is 833 g/mol. The number of ether oxygens (including phenoxy) is 2. The van der Waals surface area contributed by atoms with Crippen LogP contribution in [0.15, 0.2) is 30.3 Å². The first kappa shape index (κ1) is 43.7. The SMILES string of the molecule is CN(C)c1cc(NC(=O)CN(C(=O)OCOC(=O)c2ccc(N3CCCC3)cc2)C(C)(C)C)c(O)c2c1C[C@H]1C[C@H]3[C@H](N(C)C)C(=O)C(C(N)=O)C(=O)[C@@]3(O)C(=O)C1C2=O. The number of primary amides is 1. The van der Waals surface area contributed by atoms with E-state index < -0.39 is 107 Å². The molecule has 1 heterocycles. The van der Waals surface area contributed by atoms with Crippen LogP contribution >= 0.6 is 0 Å². The standard InChI is InChI=1S/C42H52N6O12/c1-41(2,3)48(40(57)60-20-59-39(56)21-10-12-23(13-11-21)47-14-8-9-15-47)19-28(49)44-26-18-27(45(4)5)24-16-22-17-25-32(46(6)7)35(52)31(38(43)55)37(54)42(25,58)36(53)29(22)34(51)30(24)33(26)50/h10-13,18,22,25,29,31-32,50,58H,8-9,14-17,19-20H2,1-7H3,(H2,43,55)(H,44,49)/t22-,25-,29?,31?,32-,42-/m0/s1. The maximum absolute atomic E-state index is 14.4. The fourth-order valence-electron chi connectivity index (χ4n) is 9.13. The summed E-state index contributed by atoms with van der Waals surface area (Å²) < 4.78 is 10.4. The summed E-state index contributed by atoms with van der Waals surface area (Å²) in [4.78, 5) is 114. The van der Waals surface area contributed by atoms with Crippen molar-refractivity contribution in [3.8, 4) is 5.75 Å². The number of likely N-dealkylation sites (N-methyl/N-ethyl adjacent to an activating group) is 1. The molecule has 6 rings (SSSR count). The minimum Gasteiger partial charge on any atom is -0.505 e. The van der Waals surface area contributed by atoms with E-state index in [9.17, 15) is 48.6 Å². The van der Waals surface area contributed by atoms with Crippen LogP contribution in [0.2, 0.25) is 0 Å². The number of carbonyl (C=O) groups is 8. The Morgan fingerprint density at radius 3 is 2.17 bits per heavy atom. The molecule has 1 saturated heterocycles. The summed E-state index contributed by atoms with van der Waals surface area (Å²) in [5, 5.41) is 26.1. The van der Waals surface area contributed by atoms with Gasteiger partial charge in [-0.2, -0.15) is 0 Å². The highest BCUT2D eigenvalue weighted by molar-refractivity contribution is 6.32. The monoisotopic (exact) mass is 832 g/mol. The molecule has 0 radical (unpaired) electrons. The Morgan fingerprint density at radius 2 is 1.60 bits per heavy atom. The van der Waals surface area contributed by atoms with E-state index in [-0.39, 0.29) is 29.7 Å². The molecule has 18 nitrogen and oxygen atoms in total. The van der Waals surface area contributed by atoms with Gasteiger partial charge in [0.15, 0.2) is 34.7 Å². The van der Waals surface area contributed by atoms with Gasteiger partial charge in [0.25, 0.3) is 0 Å². The highest BCUT2D eigenvalue weighted by Gasteiger charge is 2.69. The maximum Gasteiger partial charge on any atom is 0.413 e. The van der Waals surface area contributed by atoms with E-state index >= 15 is 0 Å². The minimum absolute atomic E-state index is 0.0132. The Bertz CT molecular complexity index is 2140. The number of hydrogen-bond donors (Lipinski definition) is 4. The number of amides is 3. The van der Waals surface area contributed by atoms with Gasteiger partial charge < -0.3 is 40.5 Å². The first-order chi connectivity index (χ1) is 28.1. The van der Waals surface area contributed by atoms with Crippen molar-refractivity contribution in [2.45, 2.75) is 63.6 Å². The molecule has 3 aliphatic carbocycles. The van der Waals surface area contributed by atoms with Crippen molar-refractivity contribution < 1.29 is 58.0 Å². The topological polar surface area (TPSA) is 246 Å². The summed E-state index contributed by atoms with van der Waals surface area (Å²) in [5.74, 6) is -13.7. The number of nitrogens with zero attached hydrogens (tertiary/aromatic N) is 4. The quantitative estimate of drug-likeness (QED) is 0.115. The van der Waals surface area contributed by atoms with Gasteiger partial charge in [-0.3, -0.25) is 38.6 Å². The molecule has 6 atom stereocenters. The molecule has 3 amide bonds. The van der Waals surface area contributed by atoms with E-state index in [1.807, 2.05) is 12.1 Å². The lowest BCUT2D eigenvalue weighted by molar-refractivity contribution is -0.181. The van der Waals surface area contributed by atoms with Crippen molar-refractivity contribution in [2.75, 3.05) is 69.7 Å². The van der Waals surface area contributed by atoms with E-state index in [2.05, 4.69) is 10.2 Å². The van der Waals surface area contributed by atoms with Crippen LogP contribution in [0, 0.1) is 23.7 Å².